The number of methoxy groups -OCH3 is 1. The van der Waals surface area contributed by atoms with E-state index in [9.17, 15) is 0 Å². The van der Waals surface area contributed by atoms with Crippen LogP contribution in [0.15, 0.2) is 6.20 Å². The Morgan fingerprint density at radius 2 is 2.29 bits per heavy atom. The van der Waals surface area contributed by atoms with Crippen LogP contribution in [0.2, 0.25) is 0 Å². The lowest BCUT2D eigenvalue weighted by atomic mass is 10.0. The van der Waals surface area contributed by atoms with Gasteiger partial charge in [0.25, 0.3) is 0 Å². The number of hydrogen-bond acceptors (Lipinski definition) is 4. The smallest absolute Gasteiger partial charge is 0.165 e. The van der Waals surface area contributed by atoms with E-state index in [-0.39, 0.29) is 5.60 Å². The Kier molecular flexibility index (Phi) is 2.41. The Hall–Kier alpha value is -1.10. The van der Waals surface area contributed by atoms with Gasteiger partial charge in [0.1, 0.15) is 0 Å². The van der Waals surface area contributed by atoms with E-state index in [1.165, 1.54) is 12.8 Å². The summed E-state index contributed by atoms with van der Waals surface area (Å²) in [5.41, 5.74) is 5.44. The zero-order valence-corrected chi connectivity index (χ0v) is 8.44. The molecule has 1 aromatic heterocycles. The molecular weight excluding hydrogens is 180 g/mol. The molecule has 0 saturated heterocycles. The minimum absolute atomic E-state index is 0.0640. The van der Waals surface area contributed by atoms with Gasteiger partial charge in [-0.3, -0.25) is 0 Å². The summed E-state index contributed by atoms with van der Waals surface area (Å²) in [7, 11) is 1.76. The second-order valence-corrected chi connectivity index (χ2v) is 3.89. The first-order valence-electron chi connectivity index (χ1n) is 4.95. The Bertz CT molecular complexity index is 304. The maximum absolute atomic E-state index is 5.57. The molecule has 5 nitrogen and oxygen atoms in total. The van der Waals surface area contributed by atoms with Crippen molar-refractivity contribution in [3.8, 4) is 0 Å². The van der Waals surface area contributed by atoms with Crippen LogP contribution in [-0.2, 0) is 11.3 Å². The third kappa shape index (κ3) is 1.72. The molecule has 1 heterocycles. The molecular formula is C9H16N4O. The predicted octanol–water partition coefficient (Wildman–Crippen LogP) is 0.819. The van der Waals surface area contributed by atoms with Crippen molar-refractivity contribution >= 4 is 5.82 Å². The monoisotopic (exact) mass is 196 g/mol. The standard InChI is InChI=1S/C9H16N4O/c1-14-9(4-2-3-5-9)7-13-11-6-8(10)12-13/h6H,2-5,7H2,1H3,(H2,10,12). The molecule has 1 saturated carbocycles. The summed E-state index contributed by atoms with van der Waals surface area (Å²) in [6.45, 7) is 0.709. The topological polar surface area (TPSA) is 66.0 Å². The molecule has 2 N–H and O–H groups in total. The van der Waals surface area contributed by atoms with Crippen LogP contribution in [-0.4, -0.2) is 27.7 Å². The summed E-state index contributed by atoms with van der Waals surface area (Å²) in [4.78, 5) is 1.63. The van der Waals surface area contributed by atoms with E-state index in [1.54, 1.807) is 18.1 Å². The van der Waals surface area contributed by atoms with Gasteiger partial charge >= 0.3 is 0 Å². The van der Waals surface area contributed by atoms with Gasteiger partial charge in [-0.25, -0.2) is 0 Å². The van der Waals surface area contributed by atoms with E-state index < -0.39 is 0 Å². The molecule has 1 fully saturated rings. The molecule has 0 amide bonds. The summed E-state index contributed by atoms with van der Waals surface area (Å²) in [6.07, 6.45) is 6.20. The lowest BCUT2D eigenvalue weighted by Crippen LogP contribution is -2.34. The third-order valence-electron chi connectivity index (χ3n) is 2.93. The quantitative estimate of drug-likeness (QED) is 0.777. The summed E-state index contributed by atoms with van der Waals surface area (Å²) in [5.74, 6) is 0.467. The maximum atomic E-state index is 5.57. The maximum Gasteiger partial charge on any atom is 0.165 e. The van der Waals surface area contributed by atoms with Crippen LogP contribution in [0.25, 0.3) is 0 Å². The highest BCUT2D eigenvalue weighted by Gasteiger charge is 2.34. The van der Waals surface area contributed by atoms with Crippen molar-refractivity contribution in [2.45, 2.75) is 37.8 Å². The molecule has 1 aliphatic rings. The van der Waals surface area contributed by atoms with Crippen molar-refractivity contribution in [3.63, 3.8) is 0 Å². The van der Waals surface area contributed by atoms with Gasteiger partial charge in [-0.1, -0.05) is 12.8 Å². The average Bonchev–Trinajstić information content (AvgIpc) is 2.77. The van der Waals surface area contributed by atoms with Crippen molar-refractivity contribution in [1.82, 2.24) is 15.0 Å². The SMILES string of the molecule is COC1(Cn2ncc(N)n2)CCCC1. The number of nitrogens with zero attached hydrogens (tertiary/aromatic N) is 3. The van der Waals surface area contributed by atoms with Crippen LogP contribution in [0.4, 0.5) is 5.82 Å². The van der Waals surface area contributed by atoms with E-state index in [0.29, 0.717) is 12.4 Å². The first-order chi connectivity index (χ1) is 6.74. The number of rotatable bonds is 3. The number of nitrogens with two attached hydrogens (primary N) is 1. The summed E-state index contributed by atoms with van der Waals surface area (Å²) in [6, 6.07) is 0. The van der Waals surface area contributed by atoms with Crippen molar-refractivity contribution in [2.24, 2.45) is 0 Å². The van der Waals surface area contributed by atoms with Gasteiger partial charge in [0.15, 0.2) is 5.82 Å². The van der Waals surface area contributed by atoms with Crippen LogP contribution in [0.1, 0.15) is 25.7 Å². The first kappa shape index (κ1) is 9.45. The van der Waals surface area contributed by atoms with Crippen molar-refractivity contribution < 1.29 is 4.74 Å². The molecule has 78 valence electrons. The molecule has 1 aliphatic carbocycles. The van der Waals surface area contributed by atoms with E-state index in [4.69, 9.17) is 10.5 Å². The Balaban J connectivity index is 2.08. The molecule has 0 unspecified atom stereocenters. The fourth-order valence-corrected chi connectivity index (χ4v) is 2.09. The van der Waals surface area contributed by atoms with E-state index >= 15 is 0 Å². The molecule has 0 atom stereocenters. The lowest BCUT2D eigenvalue weighted by molar-refractivity contribution is -0.0238. The van der Waals surface area contributed by atoms with E-state index in [0.717, 1.165) is 12.8 Å². The fourth-order valence-electron chi connectivity index (χ4n) is 2.09. The Morgan fingerprint density at radius 1 is 1.57 bits per heavy atom. The molecule has 0 bridgehead atoms. The highest BCUT2D eigenvalue weighted by molar-refractivity contribution is 5.19. The minimum atomic E-state index is -0.0640. The van der Waals surface area contributed by atoms with Gasteiger partial charge in [0, 0.05) is 7.11 Å². The second-order valence-electron chi connectivity index (χ2n) is 3.89. The highest BCUT2D eigenvalue weighted by Crippen LogP contribution is 2.33. The number of hydrogen-bond donors (Lipinski definition) is 1. The van der Waals surface area contributed by atoms with Gasteiger partial charge in [0.2, 0.25) is 0 Å². The van der Waals surface area contributed by atoms with Crippen LogP contribution in [0.3, 0.4) is 0 Å². The van der Waals surface area contributed by atoms with Crippen LogP contribution in [0.5, 0.6) is 0 Å². The normalized spacial score (nSPS) is 20.1. The van der Waals surface area contributed by atoms with Gasteiger partial charge < -0.3 is 10.5 Å². The molecule has 0 radical (unpaired) electrons. The summed E-state index contributed by atoms with van der Waals surface area (Å²) < 4.78 is 5.57. The zero-order valence-electron chi connectivity index (χ0n) is 8.44. The van der Waals surface area contributed by atoms with E-state index in [1.807, 2.05) is 0 Å². The number of anilines is 1. The Labute approximate surface area is 83.2 Å². The van der Waals surface area contributed by atoms with Crippen molar-refractivity contribution in [2.75, 3.05) is 12.8 Å². The number of nitrogen functional groups attached to an aromatic ring is 1. The molecule has 0 aliphatic heterocycles. The Morgan fingerprint density at radius 3 is 2.79 bits per heavy atom. The molecule has 1 aromatic rings. The van der Waals surface area contributed by atoms with Crippen LogP contribution < -0.4 is 5.73 Å². The summed E-state index contributed by atoms with van der Waals surface area (Å²) in [5, 5.41) is 8.14. The van der Waals surface area contributed by atoms with Crippen LogP contribution in [0, 0.1) is 0 Å². The largest absolute Gasteiger partial charge is 0.381 e. The third-order valence-corrected chi connectivity index (χ3v) is 2.93. The molecule has 0 aromatic carbocycles. The van der Waals surface area contributed by atoms with Crippen molar-refractivity contribution in [1.29, 1.82) is 0 Å². The second kappa shape index (κ2) is 3.57. The predicted molar refractivity (Wildman–Crippen MR) is 52.6 cm³/mol. The molecule has 0 spiro atoms. The molecule has 2 rings (SSSR count). The van der Waals surface area contributed by atoms with Gasteiger partial charge in [0.05, 0.1) is 18.3 Å². The number of ether oxygens (including phenoxy) is 1. The van der Waals surface area contributed by atoms with Crippen LogP contribution >= 0.6 is 0 Å². The molecule has 5 heteroatoms. The minimum Gasteiger partial charge on any atom is -0.381 e. The van der Waals surface area contributed by atoms with Gasteiger partial charge in [-0.15, -0.1) is 5.10 Å². The highest BCUT2D eigenvalue weighted by atomic mass is 16.5. The average molecular weight is 196 g/mol. The summed E-state index contributed by atoms with van der Waals surface area (Å²) >= 11 is 0. The molecule has 14 heavy (non-hydrogen) atoms. The number of aromatic nitrogens is 3. The first-order valence-corrected chi connectivity index (χ1v) is 4.95. The van der Waals surface area contributed by atoms with E-state index in [2.05, 4.69) is 10.2 Å². The van der Waals surface area contributed by atoms with Gasteiger partial charge in [-0.05, 0) is 12.8 Å². The zero-order chi connectivity index (χ0) is 10.0. The van der Waals surface area contributed by atoms with Gasteiger partial charge in [-0.2, -0.15) is 9.90 Å². The van der Waals surface area contributed by atoms with Crippen molar-refractivity contribution in [3.05, 3.63) is 6.20 Å². The fraction of sp³-hybridized carbons (Fsp3) is 0.778. The lowest BCUT2D eigenvalue weighted by Gasteiger charge is -2.26.